The number of allylic oxidation sites excluding steroid dienone is 3. The van der Waals surface area contributed by atoms with Gasteiger partial charge in [-0.3, -0.25) is 10.9 Å². The van der Waals surface area contributed by atoms with Crippen molar-refractivity contribution in [1.29, 1.82) is 0 Å². The fourth-order valence-corrected chi connectivity index (χ4v) is 0.759. The second-order valence-electron chi connectivity index (χ2n) is 3.01. The van der Waals surface area contributed by atoms with Gasteiger partial charge in [-0.15, -0.1) is 0 Å². The van der Waals surface area contributed by atoms with Crippen LogP contribution in [0, 0.1) is 0 Å². The molecule has 16 heavy (non-hydrogen) atoms. The van der Waals surface area contributed by atoms with Crippen molar-refractivity contribution in [3.8, 4) is 0 Å². The first-order chi connectivity index (χ1) is 7.61. The molecule has 0 saturated heterocycles. The van der Waals surface area contributed by atoms with Crippen LogP contribution in [0.25, 0.3) is 0 Å². The predicted octanol–water partition coefficient (Wildman–Crippen LogP) is 1.79. The Bertz CT molecular complexity index is 306. The summed E-state index contributed by atoms with van der Waals surface area (Å²) >= 11 is 0. The van der Waals surface area contributed by atoms with Gasteiger partial charge in [-0.25, -0.2) is 9.93 Å². The molecule has 0 heterocycles. The van der Waals surface area contributed by atoms with Crippen molar-refractivity contribution in [2.75, 3.05) is 0 Å². The summed E-state index contributed by atoms with van der Waals surface area (Å²) in [6.07, 6.45) is 3.69. The number of nitrogens with zero attached hydrogens (tertiary/aromatic N) is 2. The minimum atomic E-state index is -0.329. The zero-order valence-electron chi connectivity index (χ0n) is 9.84. The van der Waals surface area contributed by atoms with E-state index >= 15 is 0 Å². The smallest absolute Gasteiger partial charge is 0.142 e. The van der Waals surface area contributed by atoms with Crippen molar-refractivity contribution >= 4 is 12.4 Å². The molecule has 0 spiro atoms. The molecule has 0 aliphatic heterocycles. The SMILES string of the molecule is C=NN/C=C(/C)NN/N=C(C)/C(F)=C\CC. The van der Waals surface area contributed by atoms with Crippen molar-refractivity contribution in [2.45, 2.75) is 27.2 Å². The molecule has 0 radical (unpaired) electrons. The molecule has 0 aromatic heterocycles. The molecule has 0 rings (SSSR count). The maximum absolute atomic E-state index is 13.1. The summed E-state index contributed by atoms with van der Waals surface area (Å²) in [7, 11) is 0. The summed E-state index contributed by atoms with van der Waals surface area (Å²) in [5.74, 6) is -0.329. The van der Waals surface area contributed by atoms with Crippen molar-refractivity contribution in [3.05, 3.63) is 23.8 Å². The Hall–Kier alpha value is -1.85. The van der Waals surface area contributed by atoms with Crippen LogP contribution in [0.15, 0.2) is 34.0 Å². The van der Waals surface area contributed by atoms with Gasteiger partial charge in [-0.2, -0.15) is 10.2 Å². The lowest BCUT2D eigenvalue weighted by atomic mass is 10.3. The van der Waals surface area contributed by atoms with Crippen molar-refractivity contribution in [2.24, 2.45) is 10.2 Å². The summed E-state index contributed by atoms with van der Waals surface area (Å²) in [4.78, 5) is 0. The number of nitrogens with one attached hydrogen (secondary N) is 3. The van der Waals surface area contributed by atoms with Crippen LogP contribution in [0.5, 0.6) is 0 Å². The van der Waals surface area contributed by atoms with E-state index in [4.69, 9.17) is 0 Å². The van der Waals surface area contributed by atoms with E-state index in [1.54, 1.807) is 20.0 Å². The molecule has 0 aromatic rings. The third-order valence-corrected chi connectivity index (χ3v) is 1.58. The van der Waals surface area contributed by atoms with E-state index in [0.717, 1.165) is 5.70 Å². The first-order valence-electron chi connectivity index (χ1n) is 4.91. The van der Waals surface area contributed by atoms with Crippen molar-refractivity contribution in [1.82, 2.24) is 16.4 Å². The number of hydrazine groups is 1. The minimum Gasteiger partial charge on any atom is -0.288 e. The minimum absolute atomic E-state index is 0.289. The molecule has 0 bridgehead atoms. The molecule has 0 fully saturated rings. The van der Waals surface area contributed by atoms with E-state index < -0.39 is 0 Å². The first kappa shape index (κ1) is 14.2. The van der Waals surface area contributed by atoms with Crippen LogP contribution in [0.1, 0.15) is 27.2 Å². The molecular formula is C10H18FN5. The quantitative estimate of drug-likeness (QED) is 0.459. The number of rotatable bonds is 7. The van der Waals surface area contributed by atoms with Gasteiger partial charge in [-0.05, 0) is 26.3 Å². The molecule has 5 nitrogen and oxygen atoms in total. The van der Waals surface area contributed by atoms with Gasteiger partial charge in [-0.1, -0.05) is 6.92 Å². The van der Waals surface area contributed by atoms with Gasteiger partial charge in [0.15, 0.2) is 0 Å². The zero-order valence-corrected chi connectivity index (χ0v) is 9.84. The van der Waals surface area contributed by atoms with Gasteiger partial charge >= 0.3 is 0 Å². The second kappa shape index (κ2) is 8.46. The lowest BCUT2D eigenvalue weighted by Gasteiger charge is -2.05. The molecule has 3 N–H and O–H groups in total. The second-order valence-corrected chi connectivity index (χ2v) is 3.01. The van der Waals surface area contributed by atoms with Crippen molar-refractivity contribution in [3.63, 3.8) is 0 Å². The van der Waals surface area contributed by atoms with E-state index in [9.17, 15) is 4.39 Å². The Morgan fingerprint density at radius 3 is 2.69 bits per heavy atom. The molecule has 6 heteroatoms. The topological polar surface area (TPSA) is 60.8 Å². The molecule has 0 aliphatic carbocycles. The highest BCUT2D eigenvalue weighted by atomic mass is 19.1. The van der Waals surface area contributed by atoms with Gasteiger partial charge in [0.25, 0.3) is 0 Å². The molecular weight excluding hydrogens is 209 g/mol. The molecule has 0 amide bonds. The van der Waals surface area contributed by atoms with E-state index in [1.807, 2.05) is 6.92 Å². The Morgan fingerprint density at radius 2 is 2.12 bits per heavy atom. The summed E-state index contributed by atoms with van der Waals surface area (Å²) in [6, 6.07) is 0. The van der Waals surface area contributed by atoms with E-state index in [1.165, 1.54) is 6.08 Å². The highest BCUT2D eigenvalue weighted by Gasteiger charge is 1.97. The van der Waals surface area contributed by atoms with E-state index in [2.05, 4.69) is 33.3 Å². The van der Waals surface area contributed by atoms with Gasteiger partial charge < -0.3 is 0 Å². The molecule has 0 aliphatic rings. The third kappa shape index (κ3) is 6.58. The molecule has 90 valence electrons. The number of hydrogen-bond acceptors (Lipinski definition) is 5. The van der Waals surface area contributed by atoms with E-state index in [0.29, 0.717) is 6.42 Å². The van der Waals surface area contributed by atoms with Crippen LogP contribution in [0.2, 0.25) is 0 Å². The van der Waals surface area contributed by atoms with Crippen molar-refractivity contribution < 1.29 is 4.39 Å². The maximum Gasteiger partial charge on any atom is 0.142 e. The normalized spacial score (nSPS) is 13.4. The predicted molar refractivity (Wildman–Crippen MR) is 65.3 cm³/mol. The monoisotopic (exact) mass is 227 g/mol. The fraction of sp³-hybridized carbons (Fsp3) is 0.400. The van der Waals surface area contributed by atoms with Gasteiger partial charge in [0.05, 0.1) is 5.71 Å². The lowest BCUT2D eigenvalue weighted by Crippen LogP contribution is -2.26. The summed E-state index contributed by atoms with van der Waals surface area (Å²) in [5.41, 5.74) is 8.82. The van der Waals surface area contributed by atoms with Crippen LogP contribution < -0.4 is 16.4 Å². The van der Waals surface area contributed by atoms with Crippen LogP contribution in [-0.4, -0.2) is 12.4 Å². The number of halogens is 1. The first-order valence-corrected chi connectivity index (χ1v) is 4.91. The molecule has 0 atom stereocenters. The highest BCUT2D eigenvalue weighted by molar-refractivity contribution is 5.95. The average Bonchev–Trinajstić information content (AvgIpc) is 2.26. The third-order valence-electron chi connectivity index (χ3n) is 1.58. The van der Waals surface area contributed by atoms with Gasteiger partial charge in [0, 0.05) is 18.6 Å². The van der Waals surface area contributed by atoms with Crippen LogP contribution >= 0.6 is 0 Å². The Morgan fingerprint density at radius 1 is 1.44 bits per heavy atom. The summed E-state index contributed by atoms with van der Waals surface area (Å²) in [5, 5.41) is 7.21. The largest absolute Gasteiger partial charge is 0.288 e. The zero-order chi connectivity index (χ0) is 12.4. The summed E-state index contributed by atoms with van der Waals surface area (Å²) < 4.78 is 13.1. The molecule has 0 saturated carbocycles. The maximum atomic E-state index is 13.1. The molecule has 0 aromatic carbocycles. The van der Waals surface area contributed by atoms with Crippen LogP contribution in [0.3, 0.4) is 0 Å². The Balaban J connectivity index is 4.09. The highest BCUT2D eigenvalue weighted by Crippen LogP contribution is 2.00. The fourth-order valence-electron chi connectivity index (χ4n) is 0.759. The Labute approximate surface area is 95.2 Å². The van der Waals surface area contributed by atoms with Gasteiger partial charge in [0.1, 0.15) is 5.83 Å². The number of hydrazone groups is 2. The van der Waals surface area contributed by atoms with Crippen LogP contribution in [-0.2, 0) is 0 Å². The average molecular weight is 227 g/mol. The molecule has 0 unspecified atom stereocenters. The lowest BCUT2D eigenvalue weighted by molar-refractivity contribution is 0.618. The van der Waals surface area contributed by atoms with Gasteiger partial charge in [0.2, 0.25) is 0 Å². The Kier molecular flexibility index (Phi) is 7.48. The van der Waals surface area contributed by atoms with E-state index in [-0.39, 0.29) is 11.5 Å². The number of hydrogen-bond donors (Lipinski definition) is 3. The standard InChI is InChI=1S/C10H18FN5/c1-5-6-10(11)9(3)15-16-14-8(2)7-13-12-4/h6-7,13-14,16H,4-5H2,1-3H3/b8-7-,10-6+,15-9+. The summed E-state index contributed by atoms with van der Waals surface area (Å²) in [6.45, 7) is 8.47. The van der Waals surface area contributed by atoms with Crippen LogP contribution in [0.4, 0.5) is 4.39 Å².